The molecule has 0 radical (unpaired) electrons. The van der Waals surface area contributed by atoms with Crippen molar-refractivity contribution < 1.29 is 12.8 Å². The number of anilines is 1. The number of aromatic amines is 1. The SMILES string of the molecule is CS(=O)(=O)Nc1ccc(-c2nnc(C(N)Cc3c[nH]c4ccccc34)o2)cc1.Cl. The Kier molecular flexibility index (Phi) is 5.92. The molecule has 8 nitrogen and oxygen atoms in total. The number of fused-ring (bicyclic) bond motifs is 1. The molecule has 0 amide bonds. The zero-order valence-corrected chi connectivity index (χ0v) is 17.1. The van der Waals surface area contributed by atoms with E-state index in [4.69, 9.17) is 10.2 Å². The van der Waals surface area contributed by atoms with Gasteiger partial charge in [-0.25, -0.2) is 8.42 Å². The Balaban J connectivity index is 0.00000240. The fourth-order valence-electron chi connectivity index (χ4n) is 3.02. The molecule has 0 aliphatic heterocycles. The summed E-state index contributed by atoms with van der Waals surface area (Å²) in [5.41, 5.74) is 9.55. The largest absolute Gasteiger partial charge is 0.419 e. The molecule has 4 rings (SSSR count). The minimum Gasteiger partial charge on any atom is -0.419 e. The summed E-state index contributed by atoms with van der Waals surface area (Å²) >= 11 is 0. The molecule has 0 aliphatic carbocycles. The third-order valence-electron chi connectivity index (χ3n) is 4.31. The number of rotatable bonds is 6. The highest BCUT2D eigenvalue weighted by atomic mass is 35.5. The number of nitrogens with one attached hydrogen (secondary N) is 2. The lowest BCUT2D eigenvalue weighted by atomic mass is 10.1. The molecule has 0 aliphatic rings. The first kappa shape index (κ1) is 20.8. The van der Waals surface area contributed by atoms with Gasteiger partial charge in [-0.3, -0.25) is 4.72 Å². The summed E-state index contributed by atoms with van der Waals surface area (Å²) in [5, 5.41) is 9.25. The van der Waals surface area contributed by atoms with Crippen LogP contribution in [0.3, 0.4) is 0 Å². The van der Waals surface area contributed by atoms with Crippen LogP contribution in [-0.2, 0) is 16.4 Å². The van der Waals surface area contributed by atoms with Crippen LogP contribution in [-0.4, -0.2) is 29.9 Å². The molecule has 2 aromatic carbocycles. The van der Waals surface area contributed by atoms with E-state index < -0.39 is 16.1 Å². The third-order valence-corrected chi connectivity index (χ3v) is 4.91. The molecule has 29 heavy (non-hydrogen) atoms. The van der Waals surface area contributed by atoms with Gasteiger partial charge in [-0.15, -0.1) is 22.6 Å². The van der Waals surface area contributed by atoms with Crippen molar-refractivity contribution in [3.63, 3.8) is 0 Å². The molecule has 4 N–H and O–H groups in total. The highest BCUT2D eigenvalue weighted by Crippen LogP contribution is 2.25. The van der Waals surface area contributed by atoms with E-state index >= 15 is 0 Å². The van der Waals surface area contributed by atoms with Crippen LogP contribution in [0.4, 0.5) is 5.69 Å². The number of aromatic nitrogens is 3. The zero-order valence-electron chi connectivity index (χ0n) is 15.5. The van der Waals surface area contributed by atoms with Crippen LogP contribution in [0.1, 0.15) is 17.5 Å². The van der Waals surface area contributed by atoms with Gasteiger partial charge in [-0.2, -0.15) is 0 Å². The van der Waals surface area contributed by atoms with E-state index in [9.17, 15) is 8.42 Å². The Bertz CT molecular complexity index is 1220. The van der Waals surface area contributed by atoms with Crippen molar-refractivity contribution in [2.45, 2.75) is 12.5 Å². The first-order valence-corrected chi connectivity index (χ1v) is 10.5. The quantitative estimate of drug-likeness (QED) is 0.428. The number of H-pyrrole nitrogens is 1. The average molecular weight is 434 g/mol. The zero-order chi connectivity index (χ0) is 19.7. The van der Waals surface area contributed by atoms with Gasteiger partial charge < -0.3 is 15.1 Å². The van der Waals surface area contributed by atoms with Crippen LogP contribution >= 0.6 is 12.4 Å². The lowest BCUT2D eigenvalue weighted by Gasteiger charge is -2.06. The molecule has 1 unspecified atom stereocenters. The lowest BCUT2D eigenvalue weighted by Crippen LogP contribution is -2.13. The van der Waals surface area contributed by atoms with Crippen LogP contribution in [0.5, 0.6) is 0 Å². The molecule has 0 bridgehead atoms. The van der Waals surface area contributed by atoms with Crippen molar-refractivity contribution in [1.82, 2.24) is 15.2 Å². The molecule has 152 valence electrons. The predicted octanol–water partition coefficient (Wildman–Crippen LogP) is 3.25. The van der Waals surface area contributed by atoms with Crippen molar-refractivity contribution in [3.8, 4) is 11.5 Å². The van der Waals surface area contributed by atoms with Gasteiger partial charge in [-0.05, 0) is 42.3 Å². The van der Waals surface area contributed by atoms with Crippen molar-refractivity contribution >= 4 is 39.0 Å². The fourth-order valence-corrected chi connectivity index (χ4v) is 3.58. The van der Waals surface area contributed by atoms with Crippen molar-refractivity contribution in [2.24, 2.45) is 5.73 Å². The summed E-state index contributed by atoms with van der Waals surface area (Å²) in [6.07, 6.45) is 3.60. The second-order valence-electron chi connectivity index (χ2n) is 6.57. The topological polar surface area (TPSA) is 127 Å². The van der Waals surface area contributed by atoms with E-state index in [0.29, 0.717) is 29.5 Å². The van der Waals surface area contributed by atoms with Gasteiger partial charge in [-0.1, -0.05) is 18.2 Å². The molecule has 0 saturated heterocycles. The number of benzene rings is 2. The number of sulfonamides is 1. The number of hydrogen-bond acceptors (Lipinski definition) is 6. The third kappa shape index (κ3) is 4.76. The molecule has 10 heteroatoms. The predicted molar refractivity (Wildman–Crippen MR) is 114 cm³/mol. The second kappa shape index (κ2) is 8.24. The first-order valence-electron chi connectivity index (χ1n) is 8.61. The average Bonchev–Trinajstić information content (AvgIpc) is 3.29. The van der Waals surface area contributed by atoms with Crippen LogP contribution in [0.15, 0.2) is 59.1 Å². The van der Waals surface area contributed by atoms with Gasteiger partial charge in [0.2, 0.25) is 21.8 Å². The molecule has 2 heterocycles. The molecule has 0 fully saturated rings. The Hall–Kier alpha value is -2.88. The summed E-state index contributed by atoms with van der Waals surface area (Å²) < 4.78 is 30.7. The van der Waals surface area contributed by atoms with E-state index in [1.807, 2.05) is 30.5 Å². The van der Waals surface area contributed by atoms with Crippen molar-refractivity contribution in [2.75, 3.05) is 11.0 Å². The maximum absolute atomic E-state index is 11.3. The first-order chi connectivity index (χ1) is 13.4. The summed E-state index contributed by atoms with van der Waals surface area (Å²) in [7, 11) is -3.32. The summed E-state index contributed by atoms with van der Waals surface area (Å²) in [6, 6.07) is 14.2. The van der Waals surface area contributed by atoms with E-state index in [1.165, 1.54) is 0 Å². The van der Waals surface area contributed by atoms with Gasteiger partial charge in [0.25, 0.3) is 0 Å². The van der Waals surface area contributed by atoms with Gasteiger partial charge in [0.1, 0.15) is 0 Å². The summed E-state index contributed by atoms with van der Waals surface area (Å²) in [4.78, 5) is 3.23. The van der Waals surface area contributed by atoms with Crippen LogP contribution in [0, 0.1) is 0 Å². The van der Waals surface area contributed by atoms with E-state index in [1.54, 1.807) is 24.3 Å². The molecular weight excluding hydrogens is 414 g/mol. The second-order valence-corrected chi connectivity index (χ2v) is 8.32. The van der Waals surface area contributed by atoms with Crippen LogP contribution in [0.25, 0.3) is 22.4 Å². The highest BCUT2D eigenvalue weighted by molar-refractivity contribution is 7.92. The summed E-state index contributed by atoms with van der Waals surface area (Å²) in [5.74, 6) is 0.675. The standard InChI is InChI=1S/C19H19N5O3S.ClH/c1-28(25,26)24-14-8-6-12(7-9-14)18-22-23-19(27-18)16(20)10-13-11-21-17-5-3-2-4-15(13)17;/h2-9,11,16,21,24H,10,20H2,1H3;1H. The lowest BCUT2D eigenvalue weighted by molar-refractivity contribution is 0.458. The van der Waals surface area contributed by atoms with E-state index in [-0.39, 0.29) is 12.4 Å². The Morgan fingerprint density at radius 2 is 1.86 bits per heavy atom. The Morgan fingerprint density at radius 1 is 1.14 bits per heavy atom. The highest BCUT2D eigenvalue weighted by Gasteiger charge is 2.18. The number of hydrogen-bond donors (Lipinski definition) is 3. The minimum atomic E-state index is -3.32. The van der Waals surface area contributed by atoms with E-state index in [2.05, 4.69) is 19.9 Å². The molecule has 4 aromatic rings. The minimum absolute atomic E-state index is 0. The van der Waals surface area contributed by atoms with Crippen LogP contribution < -0.4 is 10.5 Å². The molecule has 1 atom stereocenters. The number of nitrogens with zero attached hydrogens (tertiary/aromatic N) is 2. The smallest absolute Gasteiger partial charge is 0.247 e. The summed E-state index contributed by atoms with van der Waals surface area (Å²) in [6.45, 7) is 0. The molecular formula is C19H20ClN5O3S. The van der Waals surface area contributed by atoms with Gasteiger partial charge in [0.05, 0.1) is 12.3 Å². The maximum atomic E-state index is 11.3. The fraction of sp³-hybridized carbons (Fsp3) is 0.158. The van der Waals surface area contributed by atoms with Gasteiger partial charge in [0.15, 0.2) is 0 Å². The van der Waals surface area contributed by atoms with Gasteiger partial charge in [0, 0.05) is 28.4 Å². The number of nitrogens with two attached hydrogens (primary N) is 1. The van der Waals surface area contributed by atoms with Crippen molar-refractivity contribution in [3.05, 3.63) is 66.2 Å². The number of halogens is 1. The monoisotopic (exact) mass is 433 g/mol. The molecule has 0 spiro atoms. The maximum Gasteiger partial charge on any atom is 0.247 e. The van der Waals surface area contributed by atoms with Crippen LogP contribution in [0.2, 0.25) is 0 Å². The molecule has 0 saturated carbocycles. The molecule has 2 aromatic heterocycles. The Morgan fingerprint density at radius 3 is 2.59 bits per heavy atom. The number of para-hydroxylation sites is 1. The van der Waals surface area contributed by atoms with Gasteiger partial charge >= 0.3 is 0 Å². The van der Waals surface area contributed by atoms with Crippen molar-refractivity contribution in [1.29, 1.82) is 0 Å². The Labute approximate surface area is 174 Å². The normalized spacial score (nSPS) is 12.5. The van der Waals surface area contributed by atoms with E-state index in [0.717, 1.165) is 22.7 Å².